The van der Waals surface area contributed by atoms with E-state index in [2.05, 4.69) is 48.4 Å². The van der Waals surface area contributed by atoms with Crippen LogP contribution in [0.25, 0.3) is 6.08 Å². The van der Waals surface area contributed by atoms with Gasteiger partial charge in [-0.15, -0.1) is 0 Å². The molecule has 0 aromatic heterocycles. The van der Waals surface area contributed by atoms with Crippen molar-refractivity contribution in [2.75, 3.05) is 27.3 Å². The van der Waals surface area contributed by atoms with Gasteiger partial charge in [0.15, 0.2) is 11.5 Å². The molecular weight excluding hydrogens is 310 g/mol. The van der Waals surface area contributed by atoms with E-state index in [1.807, 2.05) is 31.2 Å². The predicted molar refractivity (Wildman–Crippen MR) is 105 cm³/mol. The molecular formula is C22H29NO2. The van der Waals surface area contributed by atoms with E-state index < -0.39 is 0 Å². The zero-order valence-electron chi connectivity index (χ0n) is 15.6. The molecule has 0 unspecified atom stereocenters. The van der Waals surface area contributed by atoms with Crippen molar-refractivity contribution in [2.45, 2.75) is 26.3 Å². The van der Waals surface area contributed by atoms with Crippen molar-refractivity contribution < 1.29 is 9.47 Å². The van der Waals surface area contributed by atoms with Crippen LogP contribution >= 0.6 is 0 Å². The number of allylic oxidation sites excluding steroid dienone is 1. The van der Waals surface area contributed by atoms with Crippen molar-refractivity contribution in [3.05, 3.63) is 65.7 Å². The highest BCUT2D eigenvalue weighted by Crippen LogP contribution is 2.28. The molecule has 2 aromatic rings. The number of benzene rings is 2. The van der Waals surface area contributed by atoms with Gasteiger partial charge in [0.2, 0.25) is 0 Å². The molecule has 0 spiro atoms. The maximum atomic E-state index is 5.89. The fraction of sp³-hybridized carbons (Fsp3) is 0.364. The van der Waals surface area contributed by atoms with E-state index >= 15 is 0 Å². The van der Waals surface area contributed by atoms with Crippen molar-refractivity contribution >= 4 is 6.08 Å². The number of methoxy groups -OCH3 is 1. The molecule has 0 atom stereocenters. The summed E-state index contributed by atoms with van der Waals surface area (Å²) in [5.41, 5.74) is 2.47. The lowest BCUT2D eigenvalue weighted by molar-refractivity contribution is 0.266. The summed E-state index contributed by atoms with van der Waals surface area (Å²) in [5.74, 6) is 1.60. The molecule has 0 N–H and O–H groups in total. The number of hydrogen-bond donors (Lipinski definition) is 0. The minimum absolute atomic E-state index is 0.707. The maximum absolute atomic E-state index is 5.89. The van der Waals surface area contributed by atoms with Crippen LogP contribution in [0.1, 0.15) is 30.9 Å². The van der Waals surface area contributed by atoms with Crippen LogP contribution in [0, 0.1) is 0 Å². The molecule has 2 rings (SSSR count). The fourth-order valence-electron chi connectivity index (χ4n) is 2.74. The first kappa shape index (κ1) is 19.1. The quantitative estimate of drug-likeness (QED) is 0.567. The molecule has 0 radical (unpaired) electrons. The Morgan fingerprint density at radius 3 is 2.52 bits per heavy atom. The first-order valence-corrected chi connectivity index (χ1v) is 8.89. The third-order valence-electron chi connectivity index (χ3n) is 4.03. The summed E-state index contributed by atoms with van der Waals surface area (Å²) in [6.07, 6.45) is 6.21. The highest BCUT2D eigenvalue weighted by molar-refractivity contribution is 5.55. The monoisotopic (exact) mass is 339 g/mol. The van der Waals surface area contributed by atoms with Gasteiger partial charge >= 0.3 is 0 Å². The lowest BCUT2D eigenvalue weighted by atomic mass is 10.2. The fourth-order valence-corrected chi connectivity index (χ4v) is 2.74. The van der Waals surface area contributed by atoms with Gasteiger partial charge in [-0.1, -0.05) is 48.6 Å². The predicted octanol–water partition coefficient (Wildman–Crippen LogP) is 5.02. The molecule has 0 saturated carbocycles. The number of unbranched alkanes of at least 4 members (excludes halogenated alkanes) is 1. The van der Waals surface area contributed by atoms with Crippen molar-refractivity contribution in [2.24, 2.45) is 0 Å². The van der Waals surface area contributed by atoms with E-state index in [4.69, 9.17) is 9.47 Å². The van der Waals surface area contributed by atoms with Crippen molar-refractivity contribution in [3.8, 4) is 11.5 Å². The Balaban J connectivity index is 1.70. The first-order chi connectivity index (χ1) is 12.2. The van der Waals surface area contributed by atoms with Crippen LogP contribution in [0.5, 0.6) is 11.5 Å². The second-order valence-corrected chi connectivity index (χ2v) is 6.19. The second kappa shape index (κ2) is 10.6. The minimum Gasteiger partial charge on any atom is -0.493 e. The zero-order valence-corrected chi connectivity index (χ0v) is 15.6. The van der Waals surface area contributed by atoms with Gasteiger partial charge in [0.05, 0.1) is 13.7 Å². The summed E-state index contributed by atoms with van der Waals surface area (Å²) in [7, 11) is 3.84. The average molecular weight is 339 g/mol. The SMILES string of the molecule is C/C=C/c1ccc(OCCCCN(C)Cc2ccccc2)c(OC)c1. The van der Waals surface area contributed by atoms with Crippen LogP contribution in [0.3, 0.4) is 0 Å². The molecule has 2 aromatic carbocycles. The molecule has 3 nitrogen and oxygen atoms in total. The van der Waals surface area contributed by atoms with Gasteiger partial charge < -0.3 is 14.4 Å². The van der Waals surface area contributed by atoms with Crippen molar-refractivity contribution in [1.82, 2.24) is 4.90 Å². The molecule has 0 aliphatic carbocycles. The smallest absolute Gasteiger partial charge is 0.161 e. The van der Waals surface area contributed by atoms with Crippen molar-refractivity contribution in [3.63, 3.8) is 0 Å². The largest absolute Gasteiger partial charge is 0.493 e. The Hall–Kier alpha value is -2.26. The summed E-state index contributed by atoms with van der Waals surface area (Å²) >= 11 is 0. The number of rotatable bonds is 10. The van der Waals surface area contributed by atoms with Gasteiger partial charge in [-0.3, -0.25) is 0 Å². The van der Waals surface area contributed by atoms with Crippen LogP contribution < -0.4 is 9.47 Å². The van der Waals surface area contributed by atoms with Gasteiger partial charge in [-0.05, 0) is 56.6 Å². The molecule has 0 saturated heterocycles. The Morgan fingerprint density at radius 2 is 1.80 bits per heavy atom. The maximum Gasteiger partial charge on any atom is 0.161 e. The van der Waals surface area contributed by atoms with Crippen LogP contribution in [0.15, 0.2) is 54.6 Å². The lowest BCUT2D eigenvalue weighted by Crippen LogP contribution is -2.19. The summed E-state index contributed by atoms with van der Waals surface area (Å²) in [4.78, 5) is 2.35. The van der Waals surface area contributed by atoms with Gasteiger partial charge in [0, 0.05) is 6.54 Å². The first-order valence-electron chi connectivity index (χ1n) is 8.89. The third kappa shape index (κ3) is 6.63. The van der Waals surface area contributed by atoms with E-state index in [1.54, 1.807) is 7.11 Å². The molecule has 0 bridgehead atoms. The number of hydrogen-bond acceptors (Lipinski definition) is 3. The molecule has 134 valence electrons. The number of ether oxygens (including phenoxy) is 2. The summed E-state index contributed by atoms with van der Waals surface area (Å²) < 4.78 is 11.3. The molecule has 0 heterocycles. The van der Waals surface area contributed by atoms with E-state index in [0.717, 1.165) is 43.0 Å². The normalized spacial score (nSPS) is 11.2. The van der Waals surface area contributed by atoms with E-state index in [0.29, 0.717) is 6.61 Å². The minimum atomic E-state index is 0.707. The second-order valence-electron chi connectivity index (χ2n) is 6.19. The van der Waals surface area contributed by atoms with Crippen LogP contribution in [0.2, 0.25) is 0 Å². The van der Waals surface area contributed by atoms with Crippen molar-refractivity contribution in [1.29, 1.82) is 0 Å². The highest BCUT2D eigenvalue weighted by atomic mass is 16.5. The molecule has 0 amide bonds. The Bertz CT molecular complexity index is 652. The topological polar surface area (TPSA) is 21.7 Å². The molecule has 0 aliphatic heterocycles. The average Bonchev–Trinajstić information content (AvgIpc) is 2.63. The zero-order chi connectivity index (χ0) is 17.9. The molecule has 25 heavy (non-hydrogen) atoms. The molecule has 0 fully saturated rings. The Morgan fingerprint density at radius 1 is 1.00 bits per heavy atom. The Kier molecular flexibility index (Phi) is 8.06. The lowest BCUT2D eigenvalue weighted by Gasteiger charge is -2.17. The number of nitrogens with zero attached hydrogens (tertiary/aromatic N) is 1. The van der Waals surface area contributed by atoms with E-state index in [1.165, 1.54) is 5.56 Å². The van der Waals surface area contributed by atoms with Gasteiger partial charge in [-0.2, -0.15) is 0 Å². The molecule has 3 heteroatoms. The van der Waals surface area contributed by atoms with E-state index in [-0.39, 0.29) is 0 Å². The van der Waals surface area contributed by atoms with E-state index in [9.17, 15) is 0 Å². The van der Waals surface area contributed by atoms with Gasteiger partial charge in [0.1, 0.15) is 0 Å². The summed E-state index contributed by atoms with van der Waals surface area (Å²) in [5, 5.41) is 0. The standard InChI is InChI=1S/C22H29NO2/c1-4-10-19-13-14-21(22(17-19)24-3)25-16-9-8-15-23(2)18-20-11-6-5-7-12-20/h4-7,10-14,17H,8-9,15-16,18H2,1-3H3/b10-4+. The summed E-state index contributed by atoms with van der Waals surface area (Å²) in [6, 6.07) is 16.6. The highest BCUT2D eigenvalue weighted by Gasteiger charge is 2.05. The van der Waals surface area contributed by atoms with Crippen LogP contribution in [0.4, 0.5) is 0 Å². The molecule has 0 aliphatic rings. The summed E-state index contributed by atoms with van der Waals surface area (Å²) in [6.45, 7) is 4.77. The van der Waals surface area contributed by atoms with Crippen LogP contribution in [-0.2, 0) is 6.54 Å². The van der Waals surface area contributed by atoms with Gasteiger partial charge in [0.25, 0.3) is 0 Å². The van der Waals surface area contributed by atoms with Crippen LogP contribution in [-0.4, -0.2) is 32.2 Å². The Labute approximate surface area is 151 Å². The third-order valence-corrected chi connectivity index (χ3v) is 4.03. The van der Waals surface area contributed by atoms with Gasteiger partial charge in [-0.25, -0.2) is 0 Å².